The van der Waals surface area contributed by atoms with E-state index in [0.29, 0.717) is 11.5 Å². The fourth-order valence-electron chi connectivity index (χ4n) is 1.89. The van der Waals surface area contributed by atoms with Crippen molar-refractivity contribution in [2.75, 3.05) is 5.01 Å². The molecule has 0 unspecified atom stereocenters. The van der Waals surface area contributed by atoms with Crippen molar-refractivity contribution in [3.8, 4) is 0 Å². The van der Waals surface area contributed by atoms with Gasteiger partial charge in [0, 0.05) is 19.4 Å². The van der Waals surface area contributed by atoms with Gasteiger partial charge in [-0.2, -0.15) is 15.2 Å². The van der Waals surface area contributed by atoms with E-state index in [0.717, 1.165) is 5.69 Å². The molecule has 18 heavy (non-hydrogen) atoms. The van der Waals surface area contributed by atoms with E-state index in [1.54, 1.807) is 29.2 Å². The summed E-state index contributed by atoms with van der Waals surface area (Å²) in [4.78, 5) is 16.1. The number of carbonyl (C=O) groups is 1. The fraction of sp³-hybridized carbons (Fsp3) is 0.167. The van der Waals surface area contributed by atoms with Gasteiger partial charge in [0.2, 0.25) is 0 Å². The smallest absolute Gasteiger partial charge is 0.255 e. The molecule has 1 aliphatic rings. The average molecular weight is 241 g/mol. The van der Waals surface area contributed by atoms with E-state index in [1.165, 1.54) is 5.01 Å². The van der Waals surface area contributed by atoms with Gasteiger partial charge >= 0.3 is 0 Å². The normalized spacial score (nSPS) is 15.1. The van der Waals surface area contributed by atoms with Gasteiger partial charge in [0.1, 0.15) is 0 Å². The topological polar surface area (TPSA) is 63.4 Å². The predicted octanol–water partition coefficient (Wildman–Crippen LogP) is 0.956. The lowest BCUT2D eigenvalue weighted by atomic mass is 10.2. The first-order valence-corrected chi connectivity index (χ1v) is 5.55. The van der Waals surface area contributed by atoms with Crippen molar-refractivity contribution in [1.82, 2.24) is 14.8 Å². The second kappa shape index (κ2) is 4.06. The minimum atomic E-state index is -0.0788. The summed E-state index contributed by atoms with van der Waals surface area (Å²) < 4.78 is 1.70. The van der Waals surface area contributed by atoms with Crippen molar-refractivity contribution >= 4 is 17.4 Å². The van der Waals surface area contributed by atoms with Crippen molar-refractivity contribution in [2.24, 2.45) is 12.1 Å². The van der Waals surface area contributed by atoms with Crippen molar-refractivity contribution in [3.05, 3.63) is 42.4 Å². The summed E-state index contributed by atoms with van der Waals surface area (Å²) in [7, 11) is 1.83. The van der Waals surface area contributed by atoms with Crippen LogP contribution in [0, 0.1) is 0 Å². The molecule has 6 nitrogen and oxygen atoms in total. The molecule has 3 heterocycles. The summed E-state index contributed by atoms with van der Waals surface area (Å²) in [5, 5.41) is 9.73. The van der Waals surface area contributed by atoms with E-state index in [-0.39, 0.29) is 12.3 Å². The van der Waals surface area contributed by atoms with Gasteiger partial charge < -0.3 is 0 Å². The van der Waals surface area contributed by atoms with Crippen LogP contribution >= 0.6 is 0 Å². The molecule has 0 fully saturated rings. The molecular formula is C12H11N5O. The molecule has 2 aromatic heterocycles. The number of hydrogen-bond donors (Lipinski definition) is 0. The number of rotatable bonds is 2. The monoisotopic (exact) mass is 241 g/mol. The molecule has 1 aliphatic heterocycles. The van der Waals surface area contributed by atoms with Crippen LogP contribution in [0.25, 0.3) is 0 Å². The number of hydrogen-bond acceptors (Lipinski definition) is 4. The highest BCUT2D eigenvalue weighted by Gasteiger charge is 2.27. The number of pyridine rings is 1. The zero-order valence-corrected chi connectivity index (χ0v) is 9.82. The first-order valence-electron chi connectivity index (χ1n) is 5.55. The van der Waals surface area contributed by atoms with Crippen LogP contribution in [0.15, 0.2) is 41.8 Å². The molecule has 0 aliphatic carbocycles. The Hall–Kier alpha value is -2.50. The standard InChI is InChI=1S/C12H11N5O/c1-16-10(5-7-14-16)9-8-12(18)17(15-9)11-4-2-3-6-13-11/h2-7H,8H2,1H3. The Morgan fingerprint density at radius 3 is 2.78 bits per heavy atom. The maximum Gasteiger partial charge on any atom is 0.255 e. The van der Waals surface area contributed by atoms with Crippen LogP contribution in [0.2, 0.25) is 0 Å². The van der Waals surface area contributed by atoms with Crippen LogP contribution in [-0.4, -0.2) is 26.4 Å². The molecule has 0 bridgehead atoms. The van der Waals surface area contributed by atoms with E-state index < -0.39 is 0 Å². The number of amides is 1. The molecule has 0 atom stereocenters. The molecule has 6 heteroatoms. The van der Waals surface area contributed by atoms with Crippen molar-refractivity contribution in [2.45, 2.75) is 6.42 Å². The first kappa shape index (κ1) is 10.6. The first-order chi connectivity index (χ1) is 8.75. The largest absolute Gasteiger partial charge is 0.272 e. The third-order valence-electron chi connectivity index (χ3n) is 2.76. The third-order valence-corrected chi connectivity index (χ3v) is 2.76. The summed E-state index contributed by atoms with van der Waals surface area (Å²) in [5.74, 6) is 0.463. The van der Waals surface area contributed by atoms with E-state index in [2.05, 4.69) is 15.2 Å². The highest BCUT2D eigenvalue weighted by Crippen LogP contribution is 2.20. The Kier molecular flexibility index (Phi) is 2.40. The molecular weight excluding hydrogens is 230 g/mol. The van der Waals surface area contributed by atoms with Crippen LogP contribution < -0.4 is 5.01 Å². The molecule has 0 spiro atoms. The van der Waals surface area contributed by atoms with Gasteiger partial charge in [0.25, 0.3) is 5.91 Å². The highest BCUT2D eigenvalue weighted by molar-refractivity contribution is 6.18. The summed E-state index contributed by atoms with van der Waals surface area (Å²) in [6, 6.07) is 7.23. The Bertz CT molecular complexity index is 616. The second-order valence-electron chi connectivity index (χ2n) is 3.96. The van der Waals surface area contributed by atoms with Gasteiger partial charge in [-0.25, -0.2) is 4.98 Å². The molecule has 0 aromatic carbocycles. The van der Waals surface area contributed by atoms with Crippen LogP contribution in [0.4, 0.5) is 5.82 Å². The number of hydrazone groups is 1. The van der Waals surface area contributed by atoms with Crippen LogP contribution in [0.5, 0.6) is 0 Å². The highest BCUT2D eigenvalue weighted by atomic mass is 16.2. The summed E-state index contributed by atoms with van der Waals surface area (Å²) in [5.41, 5.74) is 1.56. The van der Waals surface area contributed by atoms with Crippen LogP contribution in [0.3, 0.4) is 0 Å². The van der Waals surface area contributed by atoms with Crippen molar-refractivity contribution < 1.29 is 4.79 Å². The maximum absolute atomic E-state index is 11.9. The molecule has 3 rings (SSSR count). The van der Waals surface area contributed by atoms with E-state index in [9.17, 15) is 4.79 Å². The second-order valence-corrected chi connectivity index (χ2v) is 3.96. The number of aromatic nitrogens is 3. The van der Waals surface area contributed by atoms with E-state index >= 15 is 0 Å². The molecule has 0 saturated heterocycles. The lowest BCUT2D eigenvalue weighted by molar-refractivity contribution is -0.116. The maximum atomic E-state index is 11.9. The lowest BCUT2D eigenvalue weighted by Gasteiger charge is -2.08. The van der Waals surface area contributed by atoms with Gasteiger partial charge in [-0.3, -0.25) is 9.48 Å². The Morgan fingerprint density at radius 2 is 2.11 bits per heavy atom. The van der Waals surface area contributed by atoms with Gasteiger partial charge in [-0.05, 0) is 18.2 Å². The number of nitrogens with zero attached hydrogens (tertiary/aromatic N) is 5. The third kappa shape index (κ3) is 1.67. The van der Waals surface area contributed by atoms with Crippen LogP contribution in [0.1, 0.15) is 12.1 Å². The molecule has 0 N–H and O–H groups in total. The minimum absolute atomic E-state index is 0.0788. The molecule has 1 amide bonds. The van der Waals surface area contributed by atoms with Crippen molar-refractivity contribution in [1.29, 1.82) is 0 Å². The Labute approximate surface area is 104 Å². The average Bonchev–Trinajstić information content (AvgIpc) is 2.96. The minimum Gasteiger partial charge on any atom is -0.272 e. The van der Waals surface area contributed by atoms with Crippen LogP contribution in [-0.2, 0) is 11.8 Å². The molecule has 2 aromatic rings. The quantitative estimate of drug-likeness (QED) is 0.786. The van der Waals surface area contributed by atoms with Gasteiger partial charge in [0.05, 0.1) is 17.8 Å². The van der Waals surface area contributed by atoms with E-state index in [1.807, 2.05) is 19.2 Å². The van der Waals surface area contributed by atoms with Gasteiger partial charge in [0.15, 0.2) is 5.82 Å². The number of carbonyl (C=O) groups excluding carboxylic acids is 1. The zero-order valence-electron chi connectivity index (χ0n) is 9.82. The number of anilines is 1. The molecule has 0 saturated carbocycles. The predicted molar refractivity (Wildman–Crippen MR) is 66.1 cm³/mol. The summed E-state index contributed by atoms with van der Waals surface area (Å²) in [6.45, 7) is 0. The number of aryl methyl sites for hydroxylation is 1. The Balaban J connectivity index is 1.97. The molecule has 90 valence electrons. The lowest BCUT2D eigenvalue weighted by Crippen LogP contribution is -2.20. The summed E-state index contributed by atoms with van der Waals surface area (Å²) >= 11 is 0. The summed E-state index contributed by atoms with van der Waals surface area (Å²) in [6.07, 6.45) is 3.60. The van der Waals surface area contributed by atoms with Gasteiger partial charge in [-0.15, -0.1) is 0 Å². The van der Waals surface area contributed by atoms with Crippen molar-refractivity contribution in [3.63, 3.8) is 0 Å². The fourth-order valence-corrected chi connectivity index (χ4v) is 1.89. The SMILES string of the molecule is Cn1nccc1C1=NN(c2ccccn2)C(=O)C1. The Morgan fingerprint density at radius 1 is 1.22 bits per heavy atom. The van der Waals surface area contributed by atoms with Gasteiger partial charge in [-0.1, -0.05) is 6.07 Å². The molecule has 0 radical (unpaired) electrons. The van der Waals surface area contributed by atoms with E-state index in [4.69, 9.17) is 0 Å². The zero-order chi connectivity index (χ0) is 12.5.